The monoisotopic (exact) mass is 340 g/mol. The van der Waals surface area contributed by atoms with Gasteiger partial charge in [0.15, 0.2) is 0 Å². The second-order valence-electron chi connectivity index (χ2n) is 5.24. The van der Waals surface area contributed by atoms with Crippen LogP contribution in [-0.2, 0) is 6.42 Å². The standard InChI is InChI=1S/C15H15BrF2N2/c1-8-5-9-13(19)3-2-4-14(9)20(8)15-6-10(16)11(17)7-12(15)18/h5-7,13H,2-4,19H2,1H3. The predicted molar refractivity (Wildman–Crippen MR) is 78.0 cm³/mol. The Balaban J connectivity index is 2.23. The fraction of sp³-hybridized carbons (Fsp3) is 0.333. The average Bonchev–Trinajstić information content (AvgIpc) is 2.72. The summed E-state index contributed by atoms with van der Waals surface area (Å²) in [6.07, 6.45) is 2.80. The van der Waals surface area contributed by atoms with E-state index >= 15 is 0 Å². The number of aryl methyl sites for hydroxylation is 1. The van der Waals surface area contributed by atoms with Crippen molar-refractivity contribution < 1.29 is 8.78 Å². The van der Waals surface area contributed by atoms with E-state index in [1.807, 2.05) is 17.6 Å². The number of rotatable bonds is 1. The van der Waals surface area contributed by atoms with E-state index in [1.165, 1.54) is 6.07 Å². The molecule has 1 aromatic heterocycles. The number of benzene rings is 1. The smallest absolute Gasteiger partial charge is 0.150 e. The SMILES string of the molecule is Cc1cc2c(n1-c1cc(Br)c(F)cc1F)CCCC2N. The van der Waals surface area contributed by atoms with Crippen LogP contribution in [0.2, 0.25) is 0 Å². The molecule has 1 unspecified atom stereocenters. The van der Waals surface area contributed by atoms with E-state index in [9.17, 15) is 8.78 Å². The molecule has 1 aliphatic rings. The summed E-state index contributed by atoms with van der Waals surface area (Å²) < 4.78 is 29.6. The highest BCUT2D eigenvalue weighted by Gasteiger charge is 2.24. The molecule has 1 aromatic carbocycles. The minimum atomic E-state index is -0.596. The summed E-state index contributed by atoms with van der Waals surface area (Å²) in [6, 6.07) is 4.41. The van der Waals surface area contributed by atoms with Crippen LogP contribution in [0.5, 0.6) is 0 Å². The summed E-state index contributed by atoms with van der Waals surface area (Å²) >= 11 is 3.12. The van der Waals surface area contributed by atoms with Crippen molar-refractivity contribution in [2.75, 3.05) is 0 Å². The van der Waals surface area contributed by atoms with Gasteiger partial charge in [-0.25, -0.2) is 8.78 Å². The van der Waals surface area contributed by atoms with Crippen LogP contribution < -0.4 is 5.73 Å². The van der Waals surface area contributed by atoms with E-state index in [-0.39, 0.29) is 10.5 Å². The Labute approximate surface area is 124 Å². The predicted octanol–water partition coefficient (Wildman–Crippen LogP) is 4.16. The van der Waals surface area contributed by atoms with E-state index in [2.05, 4.69) is 15.9 Å². The third-order valence-electron chi connectivity index (χ3n) is 3.88. The van der Waals surface area contributed by atoms with E-state index in [1.54, 1.807) is 0 Å². The molecule has 1 heterocycles. The van der Waals surface area contributed by atoms with Crippen LogP contribution in [-0.4, -0.2) is 4.57 Å². The molecule has 20 heavy (non-hydrogen) atoms. The molecule has 2 aromatic rings. The minimum Gasteiger partial charge on any atom is -0.324 e. The van der Waals surface area contributed by atoms with Gasteiger partial charge in [0.2, 0.25) is 0 Å². The van der Waals surface area contributed by atoms with Crippen molar-refractivity contribution in [3.05, 3.63) is 51.3 Å². The lowest BCUT2D eigenvalue weighted by Gasteiger charge is -2.21. The molecule has 0 amide bonds. The fourth-order valence-electron chi connectivity index (χ4n) is 2.96. The van der Waals surface area contributed by atoms with Gasteiger partial charge in [0, 0.05) is 23.5 Å². The molecule has 2 nitrogen and oxygen atoms in total. The molecule has 0 radical (unpaired) electrons. The maximum absolute atomic E-state index is 14.1. The topological polar surface area (TPSA) is 30.9 Å². The van der Waals surface area contributed by atoms with Crippen LogP contribution in [0.4, 0.5) is 8.78 Å². The molecule has 5 heteroatoms. The maximum atomic E-state index is 14.1. The lowest BCUT2D eigenvalue weighted by Crippen LogP contribution is -2.18. The van der Waals surface area contributed by atoms with Crippen molar-refractivity contribution in [2.45, 2.75) is 32.2 Å². The molecule has 0 bridgehead atoms. The van der Waals surface area contributed by atoms with Crippen LogP contribution in [0.1, 0.15) is 35.8 Å². The van der Waals surface area contributed by atoms with Crippen molar-refractivity contribution in [1.82, 2.24) is 4.57 Å². The molecule has 0 saturated heterocycles. The summed E-state index contributed by atoms with van der Waals surface area (Å²) in [5.74, 6) is -1.16. The van der Waals surface area contributed by atoms with Crippen LogP contribution in [0.15, 0.2) is 22.7 Å². The van der Waals surface area contributed by atoms with Crippen molar-refractivity contribution >= 4 is 15.9 Å². The second-order valence-corrected chi connectivity index (χ2v) is 6.09. The van der Waals surface area contributed by atoms with E-state index in [0.29, 0.717) is 5.69 Å². The van der Waals surface area contributed by atoms with Gasteiger partial charge < -0.3 is 10.3 Å². The Morgan fingerprint density at radius 1 is 1.25 bits per heavy atom. The largest absolute Gasteiger partial charge is 0.324 e. The van der Waals surface area contributed by atoms with E-state index in [4.69, 9.17) is 5.73 Å². The maximum Gasteiger partial charge on any atom is 0.150 e. The van der Waals surface area contributed by atoms with E-state index < -0.39 is 11.6 Å². The van der Waals surface area contributed by atoms with Crippen molar-refractivity contribution in [3.63, 3.8) is 0 Å². The molecule has 1 aliphatic carbocycles. The summed E-state index contributed by atoms with van der Waals surface area (Å²) in [5.41, 5.74) is 9.53. The fourth-order valence-corrected chi connectivity index (χ4v) is 3.29. The number of fused-ring (bicyclic) bond motifs is 1. The summed E-state index contributed by atoms with van der Waals surface area (Å²) in [7, 11) is 0. The molecule has 106 valence electrons. The first-order valence-electron chi connectivity index (χ1n) is 6.60. The zero-order valence-corrected chi connectivity index (χ0v) is 12.7. The van der Waals surface area contributed by atoms with Crippen LogP contribution in [0, 0.1) is 18.6 Å². The third kappa shape index (κ3) is 2.09. The van der Waals surface area contributed by atoms with Gasteiger partial charge in [-0.3, -0.25) is 0 Å². The quantitative estimate of drug-likeness (QED) is 0.776. The highest BCUT2D eigenvalue weighted by atomic mass is 79.9. The molecule has 0 aliphatic heterocycles. The number of hydrogen-bond acceptors (Lipinski definition) is 1. The molecule has 2 N–H and O–H groups in total. The zero-order valence-electron chi connectivity index (χ0n) is 11.1. The first-order valence-corrected chi connectivity index (χ1v) is 7.40. The second kappa shape index (κ2) is 4.97. The summed E-state index contributed by atoms with van der Waals surface area (Å²) in [6.45, 7) is 1.92. The zero-order chi connectivity index (χ0) is 14.4. The highest BCUT2D eigenvalue weighted by molar-refractivity contribution is 9.10. The van der Waals surface area contributed by atoms with Crippen LogP contribution >= 0.6 is 15.9 Å². The van der Waals surface area contributed by atoms with Gasteiger partial charge in [-0.1, -0.05) is 0 Å². The van der Waals surface area contributed by atoms with Gasteiger partial charge in [0.1, 0.15) is 11.6 Å². The normalized spacial score (nSPS) is 18.1. The molecule has 1 atom stereocenters. The Hall–Kier alpha value is -1.20. The lowest BCUT2D eigenvalue weighted by atomic mass is 9.93. The van der Waals surface area contributed by atoms with Gasteiger partial charge in [-0.2, -0.15) is 0 Å². The highest BCUT2D eigenvalue weighted by Crippen LogP contribution is 2.34. The van der Waals surface area contributed by atoms with Gasteiger partial charge in [0.25, 0.3) is 0 Å². The molecule has 0 fully saturated rings. The van der Waals surface area contributed by atoms with Gasteiger partial charge >= 0.3 is 0 Å². The van der Waals surface area contributed by atoms with Gasteiger partial charge in [-0.15, -0.1) is 0 Å². The Morgan fingerprint density at radius 2 is 2.00 bits per heavy atom. The third-order valence-corrected chi connectivity index (χ3v) is 4.49. The number of aromatic nitrogens is 1. The first-order chi connectivity index (χ1) is 9.49. The molecule has 0 spiro atoms. The Morgan fingerprint density at radius 3 is 2.75 bits per heavy atom. The summed E-state index contributed by atoms with van der Waals surface area (Å²) in [4.78, 5) is 0. The first kappa shape index (κ1) is 13.8. The lowest BCUT2D eigenvalue weighted by molar-refractivity contribution is 0.550. The van der Waals surface area contributed by atoms with Crippen LogP contribution in [0.25, 0.3) is 5.69 Å². The Kier molecular flexibility index (Phi) is 3.42. The van der Waals surface area contributed by atoms with Crippen molar-refractivity contribution in [1.29, 1.82) is 0 Å². The van der Waals surface area contributed by atoms with Crippen molar-refractivity contribution in [3.8, 4) is 5.69 Å². The van der Waals surface area contributed by atoms with Crippen LogP contribution in [0.3, 0.4) is 0 Å². The van der Waals surface area contributed by atoms with Gasteiger partial charge in [0.05, 0.1) is 10.2 Å². The molecule has 0 saturated carbocycles. The molecule has 3 rings (SSSR count). The molecular weight excluding hydrogens is 326 g/mol. The number of hydrogen-bond donors (Lipinski definition) is 1. The van der Waals surface area contributed by atoms with Crippen molar-refractivity contribution in [2.24, 2.45) is 5.73 Å². The number of nitrogens with two attached hydrogens (primary N) is 1. The number of nitrogens with zero attached hydrogens (tertiary/aromatic N) is 1. The minimum absolute atomic E-state index is 0.00523. The Bertz CT molecular complexity index is 679. The van der Waals surface area contributed by atoms with E-state index in [0.717, 1.165) is 42.3 Å². The molecular formula is C15H15BrF2N2. The number of halogens is 3. The van der Waals surface area contributed by atoms with Gasteiger partial charge in [-0.05, 0) is 59.8 Å². The average molecular weight is 341 g/mol. The summed E-state index contributed by atoms with van der Waals surface area (Å²) in [5, 5.41) is 0.